The third kappa shape index (κ3) is 4.32. The van der Waals surface area contributed by atoms with Crippen LogP contribution in [0.4, 0.5) is 5.69 Å². The van der Waals surface area contributed by atoms with Crippen LogP contribution in [0.5, 0.6) is 17.4 Å². The van der Waals surface area contributed by atoms with Crippen LogP contribution in [0.25, 0.3) is 11.4 Å². The highest BCUT2D eigenvalue weighted by molar-refractivity contribution is 5.64. The van der Waals surface area contributed by atoms with E-state index in [2.05, 4.69) is 25.8 Å². The van der Waals surface area contributed by atoms with Crippen molar-refractivity contribution in [3.05, 3.63) is 41.9 Å². The van der Waals surface area contributed by atoms with Crippen LogP contribution in [0.15, 0.2) is 35.0 Å². The van der Waals surface area contributed by atoms with Crippen molar-refractivity contribution in [3.63, 3.8) is 0 Å². The molecule has 152 valence electrons. The maximum absolute atomic E-state index is 6.10. The van der Waals surface area contributed by atoms with E-state index in [0.717, 1.165) is 42.2 Å². The first-order chi connectivity index (χ1) is 14.1. The molecule has 1 aromatic carbocycles. The van der Waals surface area contributed by atoms with E-state index in [9.17, 15) is 0 Å². The monoisotopic (exact) mass is 395 g/mol. The lowest BCUT2D eigenvalue weighted by molar-refractivity contribution is 0.393. The predicted octanol–water partition coefficient (Wildman–Crippen LogP) is 3.71. The van der Waals surface area contributed by atoms with Gasteiger partial charge in [-0.15, -0.1) is 0 Å². The van der Waals surface area contributed by atoms with Gasteiger partial charge in [-0.1, -0.05) is 5.16 Å². The summed E-state index contributed by atoms with van der Waals surface area (Å²) in [7, 11) is 1.63. The van der Waals surface area contributed by atoms with Gasteiger partial charge in [0.25, 0.3) is 0 Å². The van der Waals surface area contributed by atoms with Gasteiger partial charge in [-0.25, -0.2) is 4.98 Å². The van der Waals surface area contributed by atoms with Gasteiger partial charge in [-0.05, 0) is 57.5 Å². The molecule has 0 bridgehead atoms. The summed E-state index contributed by atoms with van der Waals surface area (Å²) in [5.74, 6) is 3.08. The van der Waals surface area contributed by atoms with Crippen molar-refractivity contribution in [3.8, 4) is 28.8 Å². The average Bonchev–Trinajstić information content (AvgIpc) is 3.37. The molecule has 0 radical (unpaired) electrons. The summed E-state index contributed by atoms with van der Waals surface area (Å²) in [6.45, 7) is 5.56. The van der Waals surface area contributed by atoms with Gasteiger partial charge in [0.1, 0.15) is 22.9 Å². The Labute approximate surface area is 169 Å². The second kappa shape index (κ2) is 8.48. The summed E-state index contributed by atoms with van der Waals surface area (Å²) >= 11 is 0. The van der Waals surface area contributed by atoms with Gasteiger partial charge in [-0.2, -0.15) is 4.98 Å². The predicted molar refractivity (Wildman–Crippen MR) is 110 cm³/mol. The van der Waals surface area contributed by atoms with Crippen LogP contribution in [0.2, 0.25) is 0 Å². The van der Waals surface area contributed by atoms with Crippen molar-refractivity contribution in [2.24, 2.45) is 0 Å². The van der Waals surface area contributed by atoms with E-state index in [1.165, 1.54) is 6.42 Å². The number of benzene rings is 1. The largest absolute Gasteiger partial charge is 0.497 e. The van der Waals surface area contributed by atoms with E-state index in [1.807, 2.05) is 38.1 Å². The molecule has 8 heteroatoms. The smallest absolute Gasteiger partial charge is 0.246 e. The molecule has 3 aromatic rings. The first kappa shape index (κ1) is 19.2. The number of nitrogens with zero attached hydrogens (tertiary/aromatic N) is 3. The number of aryl methyl sites for hydroxylation is 2. The fraction of sp³-hybridized carbons (Fsp3) is 0.381. The van der Waals surface area contributed by atoms with Crippen LogP contribution in [0.3, 0.4) is 0 Å². The molecule has 1 fully saturated rings. The van der Waals surface area contributed by atoms with Crippen molar-refractivity contribution in [2.45, 2.75) is 32.7 Å². The number of hydrogen-bond donors (Lipinski definition) is 2. The normalized spacial score (nSPS) is 16.0. The van der Waals surface area contributed by atoms with Gasteiger partial charge < -0.3 is 24.6 Å². The van der Waals surface area contributed by atoms with E-state index >= 15 is 0 Å². The van der Waals surface area contributed by atoms with Gasteiger partial charge >= 0.3 is 0 Å². The number of methoxy groups -OCH3 is 1. The van der Waals surface area contributed by atoms with Crippen LogP contribution in [0, 0.1) is 13.8 Å². The molecule has 1 atom stereocenters. The lowest BCUT2D eigenvalue weighted by Gasteiger charge is -2.16. The van der Waals surface area contributed by atoms with Crippen LogP contribution in [0.1, 0.15) is 24.3 Å². The molecule has 0 spiro atoms. The van der Waals surface area contributed by atoms with Crippen LogP contribution in [-0.4, -0.2) is 41.4 Å². The molecule has 3 heterocycles. The summed E-state index contributed by atoms with van der Waals surface area (Å²) in [6.07, 6.45) is 4.10. The first-order valence-corrected chi connectivity index (χ1v) is 9.73. The average molecular weight is 395 g/mol. The third-order valence-electron chi connectivity index (χ3n) is 4.99. The number of ether oxygens (including phenoxy) is 2. The molecule has 1 saturated heterocycles. The van der Waals surface area contributed by atoms with Crippen LogP contribution < -0.4 is 20.1 Å². The Morgan fingerprint density at radius 1 is 1.21 bits per heavy atom. The molecule has 0 saturated carbocycles. The van der Waals surface area contributed by atoms with Crippen LogP contribution in [-0.2, 0) is 0 Å². The van der Waals surface area contributed by atoms with E-state index in [4.69, 9.17) is 14.0 Å². The number of anilines is 1. The summed E-state index contributed by atoms with van der Waals surface area (Å²) in [6, 6.07) is 7.83. The first-order valence-electron chi connectivity index (χ1n) is 9.73. The Kier molecular flexibility index (Phi) is 5.62. The van der Waals surface area contributed by atoms with Crippen molar-refractivity contribution in [1.29, 1.82) is 0 Å². The standard InChI is InChI=1S/C21H25N5O3/c1-13-19(14(2)29-26-13)20-24-12-18(23-11-15-5-4-10-22-15)21(25-20)28-17-8-6-16(27-3)7-9-17/h6-9,12,15,22-23H,4-5,10-11H2,1-3H3/t15-/m0/s1. The Bertz CT molecular complexity index is 945. The molecule has 1 aliphatic heterocycles. The van der Waals surface area contributed by atoms with Crippen LogP contribution >= 0.6 is 0 Å². The van der Waals surface area contributed by atoms with Gasteiger partial charge in [0, 0.05) is 12.6 Å². The van der Waals surface area contributed by atoms with Crippen molar-refractivity contribution < 1.29 is 14.0 Å². The number of aromatic nitrogens is 3. The third-order valence-corrected chi connectivity index (χ3v) is 4.99. The lowest BCUT2D eigenvalue weighted by Crippen LogP contribution is -2.29. The highest BCUT2D eigenvalue weighted by Gasteiger charge is 2.19. The Morgan fingerprint density at radius 3 is 2.66 bits per heavy atom. The van der Waals surface area contributed by atoms with Crippen molar-refractivity contribution in [1.82, 2.24) is 20.4 Å². The minimum atomic E-state index is 0.436. The summed E-state index contributed by atoms with van der Waals surface area (Å²) in [5.41, 5.74) is 2.27. The minimum absolute atomic E-state index is 0.436. The fourth-order valence-corrected chi connectivity index (χ4v) is 3.41. The van der Waals surface area contributed by atoms with E-state index < -0.39 is 0 Å². The Balaban J connectivity index is 1.63. The second-order valence-corrected chi connectivity index (χ2v) is 7.06. The molecular formula is C21H25N5O3. The lowest BCUT2D eigenvalue weighted by atomic mass is 10.2. The quantitative estimate of drug-likeness (QED) is 0.625. The number of rotatable bonds is 7. The number of nitrogens with one attached hydrogen (secondary N) is 2. The zero-order valence-corrected chi connectivity index (χ0v) is 16.9. The van der Waals surface area contributed by atoms with Gasteiger partial charge in [0.15, 0.2) is 5.82 Å². The molecule has 0 aliphatic carbocycles. The molecule has 0 amide bonds. The molecule has 8 nitrogen and oxygen atoms in total. The van der Waals surface area contributed by atoms with Crippen molar-refractivity contribution >= 4 is 5.69 Å². The zero-order valence-electron chi connectivity index (χ0n) is 16.9. The topological polar surface area (TPSA) is 94.3 Å². The minimum Gasteiger partial charge on any atom is -0.497 e. The van der Waals surface area contributed by atoms with Gasteiger partial charge in [-0.3, -0.25) is 0 Å². The highest BCUT2D eigenvalue weighted by Crippen LogP contribution is 2.32. The van der Waals surface area contributed by atoms with Crippen molar-refractivity contribution in [2.75, 3.05) is 25.5 Å². The molecule has 0 unspecified atom stereocenters. The fourth-order valence-electron chi connectivity index (χ4n) is 3.41. The summed E-state index contributed by atoms with van der Waals surface area (Å²) in [4.78, 5) is 9.20. The summed E-state index contributed by atoms with van der Waals surface area (Å²) in [5, 5.41) is 10.9. The van der Waals surface area contributed by atoms with Gasteiger partial charge in [0.2, 0.25) is 5.88 Å². The van der Waals surface area contributed by atoms with E-state index in [-0.39, 0.29) is 0 Å². The molecule has 4 rings (SSSR count). The highest BCUT2D eigenvalue weighted by atomic mass is 16.5. The maximum atomic E-state index is 6.10. The molecule has 29 heavy (non-hydrogen) atoms. The SMILES string of the molecule is COc1ccc(Oc2nc(-c3c(C)noc3C)ncc2NC[C@@H]2CCCN2)cc1. The second-order valence-electron chi connectivity index (χ2n) is 7.06. The van der Waals surface area contributed by atoms with E-state index in [0.29, 0.717) is 29.3 Å². The molecule has 2 N–H and O–H groups in total. The molecule has 1 aliphatic rings. The maximum Gasteiger partial charge on any atom is 0.246 e. The Hall–Kier alpha value is -3.13. The summed E-state index contributed by atoms with van der Waals surface area (Å²) < 4.78 is 16.6. The zero-order chi connectivity index (χ0) is 20.2. The van der Waals surface area contributed by atoms with E-state index in [1.54, 1.807) is 13.3 Å². The van der Waals surface area contributed by atoms with Gasteiger partial charge in [0.05, 0.1) is 24.6 Å². The Morgan fingerprint density at radius 2 is 2.00 bits per heavy atom. The molecule has 2 aromatic heterocycles. The number of hydrogen-bond acceptors (Lipinski definition) is 8. The molecular weight excluding hydrogens is 370 g/mol.